The molecule has 3 rings (SSSR count). The maximum Gasteiger partial charge on any atom is 0.225 e. The van der Waals surface area contributed by atoms with Gasteiger partial charge in [0.05, 0.1) is 26.2 Å². The zero-order valence-electron chi connectivity index (χ0n) is 13.6. The SMILES string of the molecule is O=C(C[C@]1(COc2cccc(Cl)c2)CNCCO1)N1CCOCC1. The van der Waals surface area contributed by atoms with Gasteiger partial charge in [0.1, 0.15) is 18.0 Å². The van der Waals surface area contributed by atoms with Gasteiger partial charge in [-0.05, 0) is 18.2 Å². The van der Waals surface area contributed by atoms with Gasteiger partial charge in [-0.3, -0.25) is 4.79 Å². The molecule has 0 radical (unpaired) electrons. The van der Waals surface area contributed by atoms with Crippen LogP contribution >= 0.6 is 11.6 Å². The van der Waals surface area contributed by atoms with E-state index in [2.05, 4.69) is 5.32 Å². The summed E-state index contributed by atoms with van der Waals surface area (Å²) >= 11 is 5.99. The molecule has 0 aliphatic carbocycles. The van der Waals surface area contributed by atoms with Crippen LogP contribution in [0.5, 0.6) is 5.75 Å². The average molecular weight is 355 g/mol. The normalized spacial score (nSPS) is 24.6. The molecule has 1 amide bonds. The lowest BCUT2D eigenvalue weighted by Crippen LogP contribution is -2.56. The van der Waals surface area contributed by atoms with Gasteiger partial charge in [0.25, 0.3) is 0 Å². The first-order chi connectivity index (χ1) is 11.7. The van der Waals surface area contributed by atoms with Crippen molar-refractivity contribution in [3.05, 3.63) is 29.3 Å². The number of amides is 1. The minimum absolute atomic E-state index is 0.0803. The molecular weight excluding hydrogens is 332 g/mol. The minimum atomic E-state index is -0.657. The Morgan fingerprint density at radius 2 is 2.17 bits per heavy atom. The molecule has 7 heteroatoms. The topological polar surface area (TPSA) is 60.0 Å². The zero-order chi connectivity index (χ0) is 16.8. The molecule has 0 spiro atoms. The van der Waals surface area contributed by atoms with Crippen molar-refractivity contribution < 1.29 is 19.0 Å². The van der Waals surface area contributed by atoms with Crippen LogP contribution in [0, 0.1) is 0 Å². The molecule has 2 fully saturated rings. The van der Waals surface area contributed by atoms with E-state index in [9.17, 15) is 4.79 Å². The molecular formula is C17H23ClN2O4. The fourth-order valence-corrected chi connectivity index (χ4v) is 3.12. The molecule has 1 aromatic carbocycles. The molecule has 2 saturated heterocycles. The van der Waals surface area contributed by atoms with Crippen LogP contribution < -0.4 is 10.1 Å². The fourth-order valence-electron chi connectivity index (χ4n) is 2.94. The van der Waals surface area contributed by atoms with Crippen LogP contribution in [0.15, 0.2) is 24.3 Å². The van der Waals surface area contributed by atoms with E-state index in [0.717, 1.165) is 6.54 Å². The smallest absolute Gasteiger partial charge is 0.225 e. The Labute approximate surface area is 147 Å². The van der Waals surface area contributed by atoms with Gasteiger partial charge in [0.2, 0.25) is 5.91 Å². The predicted octanol–water partition coefficient (Wildman–Crippen LogP) is 1.33. The fraction of sp³-hybridized carbons (Fsp3) is 0.588. The molecule has 1 aromatic rings. The molecule has 0 unspecified atom stereocenters. The van der Waals surface area contributed by atoms with Gasteiger partial charge in [-0.2, -0.15) is 0 Å². The quantitative estimate of drug-likeness (QED) is 0.864. The molecule has 0 aromatic heterocycles. The van der Waals surface area contributed by atoms with Crippen molar-refractivity contribution in [1.29, 1.82) is 0 Å². The molecule has 2 aliphatic rings. The van der Waals surface area contributed by atoms with Gasteiger partial charge in [0.15, 0.2) is 0 Å². The zero-order valence-corrected chi connectivity index (χ0v) is 14.4. The van der Waals surface area contributed by atoms with Gasteiger partial charge in [0, 0.05) is 31.2 Å². The first-order valence-corrected chi connectivity index (χ1v) is 8.63. The van der Waals surface area contributed by atoms with Crippen LogP contribution in [-0.2, 0) is 14.3 Å². The van der Waals surface area contributed by atoms with E-state index in [1.54, 1.807) is 12.1 Å². The summed E-state index contributed by atoms with van der Waals surface area (Å²) in [6, 6.07) is 7.24. The lowest BCUT2D eigenvalue weighted by Gasteiger charge is -2.38. The molecule has 24 heavy (non-hydrogen) atoms. The Balaban J connectivity index is 1.64. The summed E-state index contributed by atoms with van der Waals surface area (Å²) in [5.74, 6) is 0.756. The van der Waals surface area contributed by atoms with Crippen molar-refractivity contribution in [3.8, 4) is 5.75 Å². The van der Waals surface area contributed by atoms with Crippen molar-refractivity contribution in [3.63, 3.8) is 0 Å². The van der Waals surface area contributed by atoms with E-state index >= 15 is 0 Å². The summed E-state index contributed by atoms with van der Waals surface area (Å²) in [6.45, 7) is 4.70. The van der Waals surface area contributed by atoms with Crippen LogP contribution in [0.2, 0.25) is 5.02 Å². The second kappa shape index (κ2) is 8.16. The third-order valence-electron chi connectivity index (χ3n) is 4.27. The Morgan fingerprint density at radius 1 is 1.33 bits per heavy atom. The number of hydrogen-bond donors (Lipinski definition) is 1. The maximum absolute atomic E-state index is 12.6. The highest BCUT2D eigenvalue weighted by molar-refractivity contribution is 6.30. The summed E-state index contributed by atoms with van der Waals surface area (Å²) in [7, 11) is 0. The van der Waals surface area contributed by atoms with E-state index in [1.165, 1.54) is 0 Å². The van der Waals surface area contributed by atoms with Crippen LogP contribution in [0.25, 0.3) is 0 Å². The molecule has 132 valence electrons. The molecule has 1 atom stereocenters. The summed E-state index contributed by atoms with van der Waals surface area (Å²) in [6.07, 6.45) is 0.292. The van der Waals surface area contributed by atoms with Crippen molar-refractivity contribution in [2.45, 2.75) is 12.0 Å². The summed E-state index contributed by atoms with van der Waals surface area (Å²) in [5.41, 5.74) is -0.657. The Bertz CT molecular complexity index is 557. The minimum Gasteiger partial charge on any atom is -0.490 e. The lowest BCUT2D eigenvalue weighted by molar-refractivity contribution is -0.149. The second-order valence-corrected chi connectivity index (χ2v) is 6.56. The number of carbonyl (C=O) groups excluding carboxylic acids is 1. The second-order valence-electron chi connectivity index (χ2n) is 6.12. The van der Waals surface area contributed by atoms with E-state index in [0.29, 0.717) is 63.3 Å². The number of ether oxygens (including phenoxy) is 3. The van der Waals surface area contributed by atoms with Crippen LogP contribution in [0.4, 0.5) is 0 Å². The van der Waals surface area contributed by atoms with E-state index in [-0.39, 0.29) is 5.91 Å². The first kappa shape index (κ1) is 17.5. The number of nitrogens with zero attached hydrogens (tertiary/aromatic N) is 1. The standard InChI is InChI=1S/C17H23ClN2O4/c18-14-2-1-3-15(10-14)23-13-17(12-19-4-7-24-17)11-16(21)20-5-8-22-9-6-20/h1-3,10,19H,4-9,11-13H2/t17-/m1/s1. The number of carbonyl (C=O) groups is 1. The van der Waals surface area contributed by atoms with Crippen LogP contribution in [0.1, 0.15) is 6.42 Å². The summed E-state index contributed by atoms with van der Waals surface area (Å²) in [4.78, 5) is 14.5. The molecule has 0 bridgehead atoms. The highest BCUT2D eigenvalue weighted by Crippen LogP contribution is 2.24. The monoisotopic (exact) mass is 354 g/mol. The van der Waals surface area contributed by atoms with Gasteiger partial charge in [-0.25, -0.2) is 0 Å². The molecule has 2 aliphatic heterocycles. The molecule has 1 N–H and O–H groups in total. The third kappa shape index (κ3) is 4.60. The van der Waals surface area contributed by atoms with Crippen molar-refractivity contribution in [2.24, 2.45) is 0 Å². The average Bonchev–Trinajstić information content (AvgIpc) is 2.62. The molecule has 6 nitrogen and oxygen atoms in total. The Kier molecular flexibility index (Phi) is 5.94. The lowest BCUT2D eigenvalue weighted by atomic mass is 9.98. The molecule has 2 heterocycles. The van der Waals surface area contributed by atoms with Gasteiger partial charge >= 0.3 is 0 Å². The Hall–Kier alpha value is -1.34. The van der Waals surface area contributed by atoms with E-state index in [1.807, 2.05) is 17.0 Å². The van der Waals surface area contributed by atoms with Crippen LogP contribution in [-0.4, -0.2) is 69.0 Å². The number of halogens is 1. The Morgan fingerprint density at radius 3 is 2.88 bits per heavy atom. The van der Waals surface area contributed by atoms with Gasteiger partial charge in [-0.1, -0.05) is 17.7 Å². The molecule has 0 saturated carbocycles. The number of rotatable bonds is 5. The summed E-state index contributed by atoms with van der Waals surface area (Å²) in [5, 5.41) is 3.92. The van der Waals surface area contributed by atoms with Crippen molar-refractivity contribution in [2.75, 3.05) is 52.6 Å². The highest BCUT2D eigenvalue weighted by atomic mass is 35.5. The van der Waals surface area contributed by atoms with E-state index in [4.69, 9.17) is 25.8 Å². The van der Waals surface area contributed by atoms with E-state index < -0.39 is 5.60 Å². The number of morpholine rings is 2. The number of benzene rings is 1. The van der Waals surface area contributed by atoms with Crippen molar-refractivity contribution in [1.82, 2.24) is 10.2 Å². The predicted molar refractivity (Wildman–Crippen MR) is 90.5 cm³/mol. The first-order valence-electron chi connectivity index (χ1n) is 8.25. The number of nitrogens with one attached hydrogen (secondary N) is 1. The maximum atomic E-state index is 12.6. The van der Waals surface area contributed by atoms with Gasteiger partial charge < -0.3 is 24.4 Å². The van der Waals surface area contributed by atoms with Crippen molar-refractivity contribution >= 4 is 17.5 Å². The number of hydrogen-bond acceptors (Lipinski definition) is 5. The largest absolute Gasteiger partial charge is 0.490 e. The third-order valence-corrected chi connectivity index (χ3v) is 4.50. The summed E-state index contributed by atoms with van der Waals surface area (Å²) < 4.78 is 17.2. The van der Waals surface area contributed by atoms with Gasteiger partial charge in [-0.15, -0.1) is 0 Å². The highest BCUT2D eigenvalue weighted by Gasteiger charge is 2.38. The van der Waals surface area contributed by atoms with Crippen LogP contribution in [0.3, 0.4) is 0 Å².